The van der Waals surface area contributed by atoms with Gasteiger partial charge < -0.3 is 9.84 Å². The van der Waals surface area contributed by atoms with Gasteiger partial charge in [0.25, 0.3) is 0 Å². The molecule has 140 valence electrons. The van der Waals surface area contributed by atoms with E-state index in [0.717, 1.165) is 12.1 Å². The van der Waals surface area contributed by atoms with Crippen LogP contribution in [-0.2, 0) is 6.18 Å². The van der Waals surface area contributed by atoms with Crippen LogP contribution in [0.1, 0.15) is 33.5 Å². The van der Waals surface area contributed by atoms with Crippen LogP contribution >= 0.6 is 11.3 Å². The first-order valence-corrected chi connectivity index (χ1v) is 8.87. The van der Waals surface area contributed by atoms with Crippen LogP contribution in [-0.4, -0.2) is 17.2 Å². The van der Waals surface area contributed by atoms with Crippen molar-refractivity contribution in [3.05, 3.63) is 81.3 Å². The second-order valence-electron chi connectivity index (χ2n) is 5.74. The molecular formula is C20H16F3NO2S. The number of aliphatic hydroxyl groups is 1. The minimum atomic E-state index is -4.34. The molecule has 0 fully saturated rings. The molecule has 3 aromatic rings. The Labute approximate surface area is 158 Å². The van der Waals surface area contributed by atoms with Gasteiger partial charge in [0.05, 0.1) is 18.4 Å². The van der Waals surface area contributed by atoms with Crippen LogP contribution in [0.2, 0.25) is 0 Å². The van der Waals surface area contributed by atoms with E-state index in [-0.39, 0.29) is 0 Å². The number of halogens is 3. The lowest BCUT2D eigenvalue weighted by Crippen LogP contribution is -2.03. The number of ether oxygens (including phenoxy) is 1. The second kappa shape index (κ2) is 7.94. The smallest absolute Gasteiger partial charge is 0.416 e. The van der Waals surface area contributed by atoms with Gasteiger partial charge >= 0.3 is 6.18 Å². The van der Waals surface area contributed by atoms with Gasteiger partial charge in [0.15, 0.2) is 0 Å². The van der Waals surface area contributed by atoms with E-state index >= 15 is 0 Å². The van der Waals surface area contributed by atoms with Gasteiger partial charge in [0.2, 0.25) is 0 Å². The van der Waals surface area contributed by atoms with E-state index in [1.54, 1.807) is 48.9 Å². The molecule has 3 nitrogen and oxygen atoms in total. The Hall–Kier alpha value is -2.64. The normalized spacial score (nSPS) is 13.1. The lowest BCUT2D eigenvalue weighted by atomic mass is 10.1. The molecule has 1 heterocycles. The van der Waals surface area contributed by atoms with E-state index < -0.39 is 17.8 Å². The van der Waals surface area contributed by atoms with Gasteiger partial charge in [-0.1, -0.05) is 30.3 Å². The zero-order valence-corrected chi connectivity index (χ0v) is 15.1. The van der Waals surface area contributed by atoms with E-state index in [1.807, 2.05) is 0 Å². The summed E-state index contributed by atoms with van der Waals surface area (Å²) in [5.74, 6) is 0.699. The summed E-state index contributed by atoms with van der Waals surface area (Å²) in [5.41, 5.74) is 1.28. The molecule has 0 bridgehead atoms. The van der Waals surface area contributed by atoms with Crippen LogP contribution in [0.3, 0.4) is 0 Å². The Morgan fingerprint density at radius 3 is 2.30 bits per heavy atom. The van der Waals surface area contributed by atoms with Crippen molar-refractivity contribution in [2.24, 2.45) is 0 Å². The van der Waals surface area contributed by atoms with Crippen LogP contribution in [0.25, 0.3) is 12.2 Å². The summed E-state index contributed by atoms with van der Waals surface area (Å²) in [6, 6.07) is 11.9. The van der Waals surface area contributed by atoms with Gasteiger partial charge in [-0.15, -0.1) is 11.3 Å². The zero-order chi connectivity index (χ0) is 19.4. The van der Waals surface area contributed by atoms with Gasteiger partial charge in [-0.3, -0.25) is 0 Å². The maximum Gasteiger partial charge on any atom is 0.416 e. The zero-order valence-electron chi connectivity index (χ0n) is 14.3. The molecule has 0 aliphatic heterocycles. The molecule has 0 aliphatic rings. The highest BCUT2D eigenvalue weighted by atomic mass is 32.1. The fourth-order valence-electron chi connectivity index (χ4n) is 2.40. The van der Waals surface area contributed by atoms with Gasteiger partial charge in [-0.2, -0.15) is 13.2 Å². The summed E-state index contributed by atoms with van der Waals surface area (Å²) in [4.78, 5) is 4.37. The third-order valence-corrected chi connectivity index (χ3v) is 4.81. The number of aromatic nitrogens is 1. The summed E-state index contributed by atoms with van der Waals surface area (Å²) in [5, 5.41) is 12.8. The highest BCUT2D eigenvalue weighted by Crippen LogP contribution is 2.30. The van der Waals surface area contributed by atoms with E-state index in [0.29, 0.717) is 27.6 Å². The Morgan fingerprint density at radius 1 is 1.04 bits per heavy atom. The van der Waals surface area contributed by atoms with Gasteiger partial charge in [-0.25, -0.2) is 4.98 Å². The van der Waals surface area contributed by atoms with Crippen LogP contribution in [0.5, 0.6) is 5.75 Å². The van der Waals surface area contributed by atoms with Crippen molar-refractivity contribution in [2.45, 2.75) is 12.3 Å². The first-order valence-electron chi connectivity index (χ1n) is 7.99. The number of nitrogens with zero attached hydrogens (tertiary/aromatic N) is 1. The molecule has 0 amide bonds. The molecule has 0 radical (unpaired) electrons. The molecule has 1 unspecified atom stereocenters. The molecule has 27 heavy (non-hydrogen) atoms. The molecule has 7 heteroatoms. The molecule has 2 aromatic carbocycles. The van der Waals surface area contributed by atoms with E-state index in [9.17, 15) is 18.3 Å². The Kier molecular flexibility index (Phi) is 5.62. The predicted molar refractivity (Wildman–Crippen MR) is 99.5 cm³/mol. The molecule has 1 aromatic heterocycles. The summed E-state index contributed by atoms with van der Waals surface area (Å²) >= 11 is 1.31. The van der Waals surface area contributed by atoms with Gasteiger partial charge in [0, 0.05) is 5.38 Å². The van der Waals surface area contributed by atoms with Crippen LogP contribution in [0.15, 0.2) is 53.9 Å². The van der Waals surface area contributed by atoms with Crippen molar-refractivity contribution in [3.8, 4) is 5.75 Å². The van der Waals surface area contributed by atoms with Crippen LogP contribution < -0.4 is 4.74 Å². The lowest BCUT2D eigenvalue weighted by Gasteiger charge is -2.08. The Bertz CT molecular complexity index is 916. The third-order valence-electron chi connectivity index (χ3n) is 3.89. The third kappa shape index (κ3) is 4.75. The second-order valence-corrected chi connectivity index (χ2v) is 6.63. The fourth-order valence-corrected chi connectivity index (χ4v) is 3.19. The minimum absolute atomic E-state index is 0.534. The van der Waals surface area contributed by atoms with Gasteiger partial charge in [-0.05, 0) is 41.5 Å². The minimum Gasteiger partial charge on any atom is -0.497 e. The summed E-state index contributed by atoms with van der Waals surface area (Å²) in [6.45, 7) is 0. The largest absolute Gasteiger partial charge is 0.497 e. The topological polar surface area (TPSA) is 42.4 Å². The molecule has 0 saturated carbocycles. The number of methoxy groups -OCH3 is 1. The molecule has 1 atom stereocenters. The summed E-state index contributed by atoms with van der Waals surface area (Å²) in [6.07, 6.45) is -1.82. The van der Waals surface area contributed by atoms with Crippen molar-refractivity contribution >= 4 is 23.5 Å². The molecule has 3 rings (SSSR count). The van der Waals surface area contributed by atoms with E-state index in [4.69, 9.17) is 4.74 Å². The standard InChI is InChI=1S/C20H16F3NO2S/c1-26-17-10-5-14(6-11-17)18(25)19-24-16(12-27-19)9-4-13-2-7-15(8-3-13)20(21,22)23/h2-12,18,25H,1H3/b9-4+. The maximum atomic E-state index is 12.6. The van der Waals surface area contributed by atoms with Crippen LogP contribution in [0.4, 0.5) is 13.2 Å². The van der Waals surface area contributed by atoms with Crippen molar-refractivity contribution in [2.75, 3.05) is 7.11 Å². The molecule has 0 aliphatic carbocycles. The first kappa shape index (κ1) is 19.1. The van der Waals surface area contributed by atoms with Crippen LogP contribution in [0, 0.1) is 0 Å². The van der Waals surface area contributed by atoms with Gasteiger partial charge in [0.1, 0.15) is 16.9 Å². The molecular weight excluding hydrogens is 375 g/mol. The maximum absolute atomic E-state index is 12.6. The quantitative estimate of drug-likeness (QED) is 0.631. The monoisotopic (exact) mass is 391 g/mol. The number of hydrogen-bond acceptors (Lipinski definition) is 4. The lowest BCUT2D eigenvalue weighted by molar-refractivity contribution is -0.137. The van der Waals surface area contributed by atoms with E-state index in [1.165, 1.54) is 23.5 Å². The Balaban J connectivity index is 1.70. The number of alkyl halides is 3. The average molecular weight is 391 g/mol. The van der Waals surface area contributed by atoms with E-state index in [2.05, 4.69) is 4.98 Å². The SMILES string of the molecule is COc1ccc(C(O)c2nc(/C=C/c3ccc(C(F)(F)F)cc3)cs2)cc1. The molecule has 0 saturated heterocycles. The van der Waals surface area contributed by atoms with Crippen molar-refractivity contribution in [1.29, 1.82) is 0 Å². The average Bonchev–Trinajstić information content (AvgIpc) is 3.14. The number of hydrogen-bond donors (Lipinski definition) is 1. The molecule has 0 spiro atoms. The molecule has 1 N–H and O–H groups in total. The predicted octanol–water partition coefficient (Wildman–Crippen LogP) is 5.42. The first-order chi connectivity index (χ1) is 12.9. The highest BCUT2D eigenvalue weighted by Gasteiger charge is 2.29. The van der Waals surface area contributed by atoms with Crippen molar-refractivity contribution < 1.29 is 23.0 Å². The highest BCUT2D eigenvalue weighted by molar-refractivity contribution is 7.09. The summed E-state index contributed by atoms with van der Waals surface area (Å²) < 4.78 is 42.8. The van der Waals surface area contributed by atoms with Crippen molar-refractivity contribution in [3.63, 3.8) is 0 Å². The summed E-state index contributed by atoms with van der Waals surface area (Å²) in [7, 11) is 1.57. The number of aliphatic hydroxyl groups excluding tert-OH is 1. The van der Waals surface area contributed by atoms with Crippen molar-refractivity contribution in [1.82, 2.24) is 4.98 Å². The fraction of sp³-hybridized carbons (Fsp3) is 0.150. The Morgan fingerprint density at radius 2 is 1.70 bits per heavy atom. The number of thiazole rings is 1. The number of benzene rings is 2. The number of rotatable bonds is 5.